The number of aromatic nitrogens is 2. The number of thioether (sulfide) groups is 1. The van der Waals surface area contributed by atoms with E-state index in [0.717, 1.165) is 22.4 Å². The zero-order valence-electron chi connectivity index (χ0n) is 30.0. The molecule has 5 rings (SSSR count). The van der Waals surface area contributed by atoms with Crippen molar-refractivity contribution in [2.75, 3.05) is 13.1 Å². The van der Waals surface area contributed by atoms with Gasteiger partial charge in [0.15, 0.2) is 0 Å². The van der Waals surface area contributed by atoms with Crippen LogP contribution in [0.3, 0.4) is 0 Å². The highest BCUT2D eigenvalue weighted by Gasteiger charge is 2.40. The maximum atomic E-state index is 14.2. The number of pyridine rings is 2. The summed E-state index contributed by atoms with van der Waals surface area (Å²) in [7, 11) is 0. The van der Waals surface area contributed by atoms with Crippen LogP contribution < -0.4 is 21.3 Å². The first-order chi connectivity index (χ1) is 24.4. The van der Waals surface area contributed by atoms with Crippen molar-refractivity contribution in [2.45, 2.75) is 87.9 Å². The molecule has 51 heavy (non-hydrogen) atoms. The van der Waals surface area contributed by atoms with Gasteiger partial charge in [-0.15, -0.1) is 11.8 Å². The first-order valence-corrected chi connectivity index (χ1v) is 18.6. The van der Waals surface area contributed by atoms with Gasteiger partial charge in [-0.3, -0.25) is 14.4 Å². The molecule has 0 radical (unpaired) electrons. The molecule has 0 saturated carbocycles. The summed E-state index contributed by atoms with van der Waals surface area (Å²) in [6.07, 6.45) is 2.16. The number of aliphatic hydroxyl groups excluding tert-OH is 1. The Morgan fingerprint density at radius 1 is 0.941 bits per heavy atom. The summed E-state index contributed by atoms with van der Waals surface area (Å²) in [4.78, 5) is 50.0. The molecule has 10 nitrogen and oxygen atoms in total. The Kier molecular flexibility index (Phi) is 12.8. The van der Waals surface area contributed by atoms with E-state index in [2.05, 4.69) is 52.0 Å². The minimum absolute atomic E-state index is 0.0703. The fraction of sp³-hybridized carbons (Fsp3) is 0.425. The largest absolute Gasteiger partial charge is 0.389 e. The number of nitrogens with zero attached hydrogens (tertiary/aromatic N) is 2. The van der Waals surface area contributed by atoms with Crippen LogP contribution in [0, 0.1) is 11.3 Å². The molecule has 11 heteroatoms. The summed E-state index contributed by atoms with van der Waals surface area (Å²) >= 11 is 1.67. The normalized spacial score (nSPS) is 18.7. The predicted octanol–water partition coefficient (Wildman–Crippen LogP) is 5.09. The highest BCUT2D eigenvalue weighted by atomic mass is 32.2. The maximum Gasteiger partial charge on any atom is 0.270 e. The second-order valence-electron chi connectivity index (χ2n) is 14.6. The lowest BCUT2D eigenvalue weighted by atomic mass is 9.70. The minimum atomic E-state index is -1.14. The molecule has 5 unspecified atom stereocenters. The van der Waals surface area contributed by atoms with E-state index in [0.29, 0.717) is 18.5 Å². The molecule has 2 aromatic carbocycles. The molecule has 0 aliphatic carbocycles. The van der Waals surface area contributed by atoms with Crippen molar-refractivity contribution in [3.63, 3.8) is 0 Å². The molecule has 5 N–H and O–H groups in total. The third-order valence-electron chi connectivity index (χ3n) is 9.32. The summed E-state index contributed by atoms with van der Waals surface area (Å²) in [5.74, 6) is -1.71. The number of rotatable bonds is 13. The Balaban J connectivity index is 1.32. The lowest BCUT2D eigenvalue weighted by Gasteiger charge is -2.41. The number of carbonyl (C=O) groups excluding carboxylic acids is 3. The van der Waals surface area contributed by atoms with E-state index >= 15 is 0 Å². The molecule has 3 amide bonds. The van der Waals surface area contributed by atoms with Crippen LogP contribution in [0.5, 0.6) is 0 Å². The van der Waals surface area contributed by atoms with Crippen LogP contribution in [0.4, 0.5) is 0 Å². The number of carbonyl (C=O) groups is 3. The second-order valence-corrected chi connectivity index (χ2v) is 15.9. The van der Waals surface area contributed by atoms with Crippen LogP contribution in [0.25, 0.3) is 10.9 Å². The van der Waals surface area contributed by atoms with Crippen molar-refractivity contribution in [3.8, 4) is 0 Å². The smallest absolute Gasteiger partial charge is 0.270 e. The van der Waals surface area contributed by atoms with Crippen LogP contribution in [-0.4, -0.2) is 75.4 Å². The average Bonchev–Trinajstić information content (AvgIpc) is 3.12. The number of hydrogen-bond acceptors (Lipinski definition) is 8. The van der Waals surface area contributed by atoms with Crippen molar-refractivity contribution in [1.82, 2.24) is 31.2 Å². The first kappa shape index (κ1) is 37.9. The van der Waals surface area contributed by atoms with E-state index in [1.54, 1.807) is 24.0 Å². The molecule has 6 atom stereocenters. The molecule has 270 valence electrons. The molecule has 1 fully saturated rings. The van der Waals surface area contributed by atoms with Crippen molar-refractivity contribution in [2.24, 2.45) is 11.3 Å². The average molecular weight is 711 g/mol. The number of hydrogen-bond donors (Lipinski definition) is 5. The zero-order chi connectivity index (χ0) is 36.5. The van der Waals surface area contributed by atoms with Gasteiger partial charge in [0.1, 0.15) is 11.7 Å². The molecule has 1 aliphatic rings. The van der Waals surface area contributed by atoms with E-state index in [-0.39, 0.29) is 35.2 Å². The standard InChI is InChI=1S/C40H50N6O4S/c1-25(2)35(45-38(49)30-19-18-26-13-9-10-16-29(26)44-30)39(50)46-36(34(40(3,4)5)27-14-7-6-8-15-27)32(47)24-43-37(48)31-23-28(20-22-41-31)51-33-17-11-12-21-42-33/h6-19,21,25,28,31-32,34-36,41,47H,20,22-24H2,1-5H3,(H,43,48)(H,45,49)(H,46,50)/t28?,31?,32?,34?,35-,36?/m0/s1. The van der Waals surface area contributed by atoms with E-state index in [9.17, 15) is 19.5 Å². The molecule has 0 bridgehead atoms. The van der Waals surface area contributed by atoms with E-state index < -0.39 is 41.5 Å². The number of piperidine rings is 1. The van der Waals surface area contributed by atoms with E-state index in [1.807, 2.05) is 92.7 Å². The lowest BCUT2D eigenvalue weighted by molar-refractivity contribution is -0.126. The summed E-state index contributed by atoms with van der Waals surface area (Å²) < 4.78 is 0. The van der Waals surface area contributed by atoms with Gasteiger partial charge in [0.2, 0.25) is 11.8 Å². The number of benzene rings is 2. The highest BCUT2D eigenvalue weighted by molar-refractivity contribution is 7.99. The molecule has 1 saturated heterocycles. The topological polar surface area (TPSA) is 145 Å². The Labute approximate surface area is 305 Å². The van der Waals surface area contributed by atoms with Crippen molar-refractivity contribution >= 4 is 40.4 Å². The fourth-order valence-electron chi connectivity index (χ4n) is 6.74. The fourth-order valence-corrected chi connectivity index (χ4v) is 7.88. The van der Waals surface area contributed by atoms with Crippen LogP contribution in [-0.2, 0) is 9.59 Å². The molecule has 3 heterocycles. The van der Waals surface area contributed by atoms with Crippen molar-refractivity contribution in [1.29, 1.82) is 0 Å². The van der Waals surface area contributed by atoms with Gasteiger partial charge in [0.05, 0.1) is 28.7 Å². The molecule has 4 aromatic rings. The van der Waals surface area contributed by atoms with Gasteiger partial charge in [0, 0.05) is 29.3 Å². The van der Waals surface area contributed by atoms with Crippen LogP contribution in [0.2, 0.25) is 0 Å². The van der Waals surface area contributed by atoms with Crippen LogP contribution in [0.1, 0.15) is 69.4 Å². The van der Waals surface area contributed by atoms with Gasteiger partial charge >= 0.3 is 0 Å². The summed E-state index contributed by atoms with van der Waals surface area (Å²) in [5, 5.41) is 26.2. The molecule has 2 aromatic heterocycles. The number of amides is 3. The van der Waals surface area contributed by atoms with E-state index in [1.165, 1.54) is 0 Å². The van der Waals surface area contributed by atoms with Gasteiger partial charge in [-0.1, -0.05) is 95.3 Å². The van der Waals surface area contributed by atoms with Gasteiger partial charge in [-0.2, -0.15) is 0 Å². The van der Waals surface area contributed by atoms with Crippen LogP contribution in [0.15, 0.2) is 96.2 Å². The second kappa shape index (κ2) is 17.3. The molecule has 1 aliphatic heterocycles. The SMILES string of the molecule is CC(C)[C@H](NC(=O)c1ccc2ccccc2n1)C(=O)NC(C(O)CNC(=O)C1CC(Sc2ccccn2)CCN1)C(c1ccccc1)C(C)(C)C. The van der Waals surface area contributed by atoms with Gasteiger partial charge in [-0.05, 0) is 60.5 Å². The van der Waals surface area contributed by atoms with Crippen LogP contribution >= 0.6 is 11.8 Å². The lowest BCUT2D eigenvalue weighted by Crippen LogP contribution is -2.59. The van der Waals surface area contributed by atoms with Crippen molar-refractivity contribution < 1.29 is 19.5 Å². The molecule has 0 spiro atoms. The molecular formula is C40H50N6O4S. The minimum Gasteiger partial charge on any atom is -0.389 e. The highest BCUT2D eigenvalue weighted by Crippen LogP contribution is 2.39. The number of para-hydroxylation sites is 1. The number of fused-ring (bicyclic) bond motifs is 1. The summed E-state index contributed by atoms with van der Waals surface area (Å²) in [6, 6.07) is 24.4. The monoisotopic (exact) mass is 710 g/mol. The first-order valence-electron chi connectivity index (χ1n) is 17.7. The third-order valence-corrected chi connectivity index (χ3v) is 10.6. The third kappa shape index (κ3) is 10.1. The van der Waals surface area contributed by atoms with Crippen molar-refractivity contribution in [3.05, 3.63) is 102 Å². The Morgan fingerprint density at radius 3 is 2.37 bits per heavy atom. The zero-order valence-corrected chi connectivity index (χ0v) is 30.8. The quantitative estimate of drug-likeness (QED) is 0.129. The Bertz CT molecular complexity index is 1770. The maximum absolute atomic E-state index is 14.2. The van der Waals surface area contributed by atoms with Gasteiger partial charge in [0.25, 0.3) is 5.91 Å². The Morgan fingerprint density at radius 2 is 1.67 bits per heavy atom. The summed E-state index contributed by atoms with van der Waals surface area (Å²) in [5.41, 5.74) is 1.43. The molecular weight excluding hydrogens is 661 g/mol. The Hall–Kier alpha value is -4.32. The van der Waals surface area contributed by atoms with Gasteiger partial charge < -0.3 is 26.4 Å². The van der Waals surface area contributed by atoms with Gasteiger partial charge in [-0.25, -0.2) is 9.97 Å². The predicted molar refractivity (Wildman–Crippen MR) is 202 cm³/mol. The number of aliphatic hydroxyl groups is 1. The van der Waals surface area contributed by atoms with E-state index in [4.69, 9.17) is 0 Å². The number of nitrogens with one attached hydrogen (secondary N) is 4. The summed E-state index contributed by atoms with van der Waals surface area (Å²) in [6.45, 7) is 10.5.